The van der Waals surface area contributed by atoms with Crippen LogP contribution in [0.15, 0.2) is 40.8 Å². The first-order valence-corrected chi connectivity index (χ1v) is 7.02. The Bertz CT molecular complexity index is 614. The van der Waals surface area contributed by atoms with Gasteiger partial charge >= 0.3 is 5.97 Å². The van der Waals surface area contributed by atoms with E-state index in [9.17, 15) is 4.79 Å². The highest BCUT2D eigenvalue weighted by Gasteiger charge is 2.08. The number of aliphatic hydroxyl groups excluding tert-OH is 1. The van der Waals surface area contributed by atoms with Crippen molar-refractivity contribution in [1.29, 1.82) is 0 Å². The van der Waals surface area contributed by atoms with Gasteiger partial charge < -0.3 is 24.7 Å². The Hall–Kier alpha value is -1.86. The molecule has 2 aromatic rings. The van der Waals surface area contributed by atoms with Gasteiger partial charge in [0.05, 0.1) is 31.9 Å². The molecule has 6 nitrogen and oxygen atoms in total. The number of carboxylic acids is 1. The number of nitrogens with one attached hydrogen (secondary N) is 1. The number of furan rings is 1. The van der Waals surface area contributed by atoms with Gasteiger partial charge in [-0.25, -0.2) is 4.79 Å². The van der Waals surface area contributed by atoms with Crippen LogP contribution in [0.4, 0.5) is 0 Å². The zero-order valence-electron chi connectivity index (χ0n) is 12.5. The number of rotatable bonds is 9. The fourth-order valence-electron chi connectivity index (χ4n) is 1.96. The lowest BCUT2D eigenvalue weighted by atomic mass is 10.1. The molecule has 1 heterocycles. The van der Waals surface area contributed by atoms with Gasteiger partial charge in [-0.05, 0) is 24.3 Å². The number of benzene rings is 1. The van der Waals surface area contributed by atoms with Gasteiger partial charge in [-0.3, -0.25) is 0 Å². The number of ether oxygens (including phenoxy) is 1. The maximum atomic E-state index is 11.0. The van der Waals surface area contributed by atoms with Gasteiger partial charge in [0.1, 0.15) is 11.5 Å². The van der Waals surface area contributed by atoms with Gasteiger partial charge in [0.2, 0.25) is 0 Å². The first-order valence-electron chi connectivity index (χ1n) is 7.02. The van der Waals surface area contributed by atoms with Crippen LogP contribution in [-0.4, -0.2) is 42.5 Å². The minimum Gasteiger partial charge on any atom is -0.478 e. The van der Waals surface area contributed by atoms with E-state index in [0.29, 0.717) is 32.1 Å². The first kappa shape index (κ1) is 19.2. The summed E-state index contributed by atoms with van der Waals surface area (Å²) >= 11 is 0. The Morgan fingerprint density at radius 2 is 2.04 bits per heavy atom. The van der Waals surface area contributed by atoms with Crippen LogP contribution in [0.25, 0.3) is 11.3 Å². The third-order valence-electron chi connectivity index (χ3n) is 3.01. The maximum absolute atomic E-state index is 11.0. The summed E-state index contributed by atoms with van der Waals surface area (Å²) in [5.41, 5.74) is 0.965. The molecule has 2 rings (SSSR count). The number of carbonyl (C=O) groups is 1. The molecule has 0 bridgehead atoms. The van der Waals surface area contributed by atoms with Gasteiger partial charge in [-0.15, -0.1) is 12.4 Å². The van der Waals surface area contributed by atoms with E-state index >= 15 is 0 Å². The average Bonchev–Trinajstić information content (AvgIpc) is 3.00. The standard InChI is InChI=1S/C16H19NO5.ClH/c18-7-9-21-8-6-17-11-14-4-5-15(22-14)12-2-1-3-13(10-12)16(19)20;/h1-5,10,17-18H,6-9,11H2,(H,19,20);1H. The molecule has 1 aromatic carbocycles. The molecule has 0 aliphatic rings. The number of aliphatic hydroxyl groups is 1. The van der Waals surface area contributed by atoms with E-state index in [2.05, 4.69) is 5.32 Å². The van der Waals surface area contributed by atoms with Crippen LogP contribution >= 0.6 is 12.4 Å². The molecule has 3 N–H and O–H groups in total. The van der Waals surface area contributed by atoms with E-state index in [1.807, 2.05) is 18.2 Å². The summed E-state index contributed by atoms with van der Waals surface area (Å²) in [6.07, 6.45) is 0. The number of hydrogen-bond acceptors (Lipinski definition) is 5. The second-order valence-corrected chi connectivity index (χ2v) is 4.66. The van der Waals surface area contributed by atoms with Crippen molar-refractivity contribution in [3.63, 3.8) is 0 Å². The SMILES string of the molecule is Cl.O=C(O)c1cccc(-c2ccc(CNCCOCCO)o2)c1. The number of aromatic carboxylic acids is 1. The van der Waals surface area contributed by atoms with Crippen molar-refractivity contribution in [2.75, 3.05) is 26.4 Å². The van der Waals surface area contributed by atoms with Crippen LogP contribution in [0.3, 0.4) is 0 Å². The van der Waals surface area contributed by atoms with Crippen LogP contribution in [0.2, 0.25) is 0 Å². The van der Waals surface area contributed by atoms with E-state index < -0.39 is 5.97 Å². The monoisotopic (exact) mass is 341 g/mol. The van der Waals surface area contributed by atoms with Gasteiger partial charge in [0, 0.05) is 12.1 Å². The number of hydrogen-bond donors (Lipinski definition) is 3. The Labute approximate surface area is 140 Å². The van der Waals surface area contributed by atoms with Crippen molar-refractivity contribution >= 4 is 18.4 Å². The summed E-state index contributed by atoms with van der Waals surface area (Å²) in [4.78, 5) is 11.0. The van der Waals surface area contributed by atoms with Gasteiger partial charge in [-0.1, -0.05) is 12.1 Å². The molecule has 0 aliphatic heterocycles. The predicted octanol–water partition coefficient (Wildman–Crippen LogP) is 2.17. The van der Waals surface area contributed by atoms with Crippen LogP contribution in [-0.2, 0) is 11.3 Å². The Kier molecular flexibility index (Phi) is 8.36. The summed E-state index contributed by atoms with van der Waals surface area (Å²) in [7, 11) is 0. The molecule has 0 aliphatic carbocycles. The van der Waals surface area contributed by atoms with Crippen molar-refractivity contribution < 1.29 is 24.2 Å². The van der Waals surface area contributed by atoms with Crippen molar-refractivity contribution in [1.82, 2.24) is 5.32 Å². The maximum Gasteiger partial charge on any atom is 0.335 e. The highest BCUT2D eigenvalue weighted by molar-refractivity contribution is 5.89. The summed E-state index contributed by atoms with van der Waals surface area (Å²) in [5, 5.41) is 20.7. The third kappa shape index (κ3) is 6.03. The van der Waals surface area contributed by atoms with Crippen LogP contribution in [0.5, 0.6) is 0 Å². The lowest BCUT2D eigenvalue weighted by Gasteiger charge is -2.03. The minimum atomic E-state index is -0.960. The molecule has 0 saturated carbocycles. The molecule has 0 spiro atoms. The Morgan fingerprint density at radius 1 is 1.22 bits per heavy atom. The van der Waals surface area contributed by atoms with Crippen LogP contribution in [0.1, 0.15) is 16.1 Å². The smallest absolute Gasteiger partial charge is 0.335 e. The number of carboxylic acid groups (broad SMARTS) is 1. The highest BCUT2D eigenvalue weighted by Crippen LogP contribution is 2.23. The zero-order chi connectivity index (χ0) is 15.8. The van der Waals surface area contributed by atoms with Crippen molar-refractivity contribution in [2.45, 2.75) is 6.54 Å². The van der Waals surface area contributed by atoms with Gasteiger partial charge in [-0.2, -0.15) is 0 Å². The van der Waals surface area contributed by atoms with Crippen molar-refractivity contribution in [3.05, 3.63) is 47.7 Å². The fourth-order valence-corrected chi connectivity index (χ4v) is 1.96. The Morgan fingerprint density at radius 3 is 2.78 bits per heavy atom. The fraction of sp³-hybridized carbons (Fsp3) is 0.312. The van der Waals surface area contributed by atoms with E-state index in [1.165, 1.54) is 0 Å². The lowest BCUT2D eigenvalue weighted by Crippen LogP contribution is -2.19. The zero-order valence-corrected chi connectivity index (χ0v) is 13.3. The summed E-state index contributed by atoms with van der Waals surface area (Å²) < 4.78 is 10.8. The summed E-state index contributed by atoms with van der Waals surface area (Å²) in [5.74, 6) is 0.437. The van der Waals surface area contributed by atoms with E-state index in [0.717, 1.165) is 11.3 Å². The van der Waals surface area contributed by atoms with Gasteiger partial charge in [0.25, 0.3) is 0 Å². The Balaban J connectivity index is 0.00000264. The second kappa shape index (κ2) is 10.0. The van der Waals surface area contributed by atoms with Crippen LogP contribution in [0, 0.1) is 0 Å². The van der Waals surface area contributed by atoms with Crippen molar-refractivity contribution in [2.24, 2.45) is 0 Å². The quantitative estimate of drug-likeness (QED) is 0.605. The molecule has 0 unspecified atom stereocenters. The lowest BCUT2D eigenvalue weighted by molar-refractivity contribution is 0.0697. The molecular weight excluding hydrogens is 322 g/mol. The molecule has 0 saturated heterocycles. The van der Waals surface area contributed by atoms with E-state index in [-0.39, 0.29) is 24.6 Å². The third-order valence-corrected chi connectivity index (χ3v) is 3.01. The highest BCUT2D eigenvalue weighted by atomic mass is 35.5. The molecule has 0 radical (unpaired) electrons. The number of halogens is 1. The molecule has 23 heavy (non-hydrogen) atoms. The molecule has 0 amide bonds. The molecule has 0 atom stereocenters. The average molecular weight is 342 g/mol. The predicted molar refractivity (Wildman–Crippen MR) is 88.0 cm³/mol. The summed E-state index contributed by atoms with van der Waals surface area (Å²) in [6, 6.07) is 10.3. The molecule has 1 aromatic heterocycles. The molecular formula is C16H20ClNO5. The largest absolute Gasteiger partial charge is 0.478 e. The summed E-state index contributed by atoms with van der Waals surface area (Å²) in [6.45, 7) is 2.10. The second-order valence-electron chi connectivity index (χ2n) is 4.66. The van der Waals surface area contributed by atoms with Gasteiger partial charge in [0.15, 0.2) is 0 Å². The normalized spacial score (nSPS) is 10.3. The topological polar surface area (TPSA) is 91.9 Å². The first-order chi connectivity index (χ1) is 10.7. The van der Waals surface area contributed by atoms with Crippen LogP contribution < -0.4 is 5.32 Å². The molecule has 7 heteroatoms. The molecule has 0 fully saturated rings. The van der Waals surface area contributed by atoms with E-state index in [4.69, 9.17) is 19.4 Å². The van der Waals surface area contributed by atoms with E-state index in [1.54, 1.807) is 18.2 Å². The minimum absolute atomic E-state index is 0. The van der Waals surface area contributed by atoms with Crippen molar-refractivity contribution in [3.8, 4) is 11.3 Å². The molecule has 126 valence electrons.